The van der Waals surface area contributed by atoms with Crippen LogP contribution in [0.1, 0.15) is 20.3 Å². The van der Waals surface area contributed by atoms with Gasteiger partial charge >= 0.3 is 0 Å². The van der Waals surface area contributed by atoms with Crippen molar-refractivity contribution in [2.24, 2.45) is 5.10 Å². The molecule has 1 fully saturated rings. The molecular formula is C13H15ClN2O2. The molecular weight excluding hydrogens is 252 g/mol. The number of rotatable bonds is 2. The third kappa shape index (κ3) is 3.31. The third-order valence-electron chi connectivity index (χ3n) is 2.67. The van der Waals surface area contributed by atoms with E-state index in [4.69, 9.17) is 16.3 Å². The summed E-state index contributed by atoms with van der Waals surface area (Å²) in [6, 6.07) is 7.10. The van der Waals surface area contributed by atoms with E-state index in [2.05, 4.69) is 10.5 Å². The van der Waals surface area contributed by atoms with Crippen LogP contribution in [0.2, 0.25) is 5.02 Å². The second kappa shape index (κ2) is 5.08. The highest BCUT2D eigenvalue weighted by atomic mass is 35.5. The number of Topliss-reactive ketones (excluding diaryl/α,β-unsaturated/α-hetero) is 1. The van der Waals surface area contributed by atoms with E-state index in [1.165, 1.54) is 0 Å². The van der Waals surface area contributed by atoms with Gasteiger partial charge in [0, 0.05) is 11.4 Å². The lowest BCUT2D eigenvalue weighted by Crippen LogP contribution is -2.40. The standard InChI is InChI=1S/C13H15ClN2O2/c1-13(2)7-12(17)11(8-18-13)16-15-10-5-3-9(14)4-6-10/h3-6,15H,7-8H2,1-2H3/b16-11-. The molecule has 1 aromatic carbocycles. The lowest BCUT2D eigenvalue weighted by Gasteiger charge is -2.29. The van der Waals surface area contributed by atoms with Gasteiger partial charge in [-0.1, -0.05) is 11.6 Å². The van der Waals surface area contributed by atoms with E-state index < -0.39 is 5.60 Å². The zero-order valence-corrected chi connectivity index (χ0v) is 11.1. The molecule has 0 bridgehead atoms. The van der Waals surface area contributed by atoms with Crippen LogP contribution in [-0.4, -0.2) is 23.7 Å². The summed E-state index contributed by atoms with van der Waals surface area (Å²) in [4.78, 5) is 11.8. The number of ether oxygens (including phenoxy) is 1. The van der Waals surface area contributed by atoms with Gasteiger partial charge in [-0.3, -0.25) is 10.2 Å². The first kappa shape index (κ1) is 13.1. The minimum Gasteiger partial charge on any atom is -0.369 e. The number of hydrazone groups is 1. The average Bonchev–Trinajstić information content (AvgIpc) is 2.29. The highest BCUT2D eigenvalue weighted by molar-refractivity contribution is 6.41. The van der Waals surface area contributed by atoms with Gasteiger partial charge in [-0.15, -0.1) is 0 Å². The Morgan fingerprint density at radius 3 is 2.61 bits per heavy atom. The lowest BCUT2D eigenvalue weighted by molar-refractivity contribution is -0.122. The van der Waals surface area contributed by atoms with Crippen molar-refractivity contribution in [3.63, 3.8) is 0 Å². The van der Waals surface area contributed by atoms with Crippen molar-refractivity contribution < 1.29 is 9.53 Å². The van der Waals surface area contributed by atoms with E-state index >= 15 is 0 Å². The molecule has 2 rings (SSSR count). The molecule has 1 aromatic rings. The number of carbonyl (C=O) groups excluding carboxylic acids is 1. The maximum atomic E-state index is 11.8. The van der Waals surface area contributed by atoms with Crippen molar-refractivity contribution >= 4 is 28.8 Å². The van der Waals surface area contributed by atoms with Gasteiger partial charge < -0.3 is 4.74 Å². The molecule has 1 aliphatic heterocycles. The topological polar surface area (TPSA) is 50.7 Å². The Balaban J connectivity index is 2.02. The largest absolute Gasteiger partial charge is 0.369 e. The van der Waals surface area contributed by atoms with Gasteiger partial charge in [-0.05, 0) is 38.1 Å². The van der Waals surface area contributed by atoms with Crippen LogP contribution in [0.3, 0.4) is 0 Å². The zero-order valence-electron chi connectivity index (χ0n) is 10.4. The first-order chi connectivity index (χ1) is 8.46. The summed E-state index contributed by atoms with van der Waals surface area (Å²) >= 11 is 5.78. The number of nitrogens with one attached hydrogen (secondary N) is 1. The van der Waals surface area contributed by atoms with E-state index in [-0.39, 0.29) is 12.4 Å². The highest BCUT2D eigenvalue weighted by Crippen LogP contribution is 2.20. The van der Waals surface area contributed by atoms with Crippen LogP contribution in [0.15, 0.2) is 29.4 Å². The van der Waals surface area contributed by atoms with Gasteiger partial charge in [0.15, 0.2) is 5.78 Å². The molecule has 0 spiro atoms. The quantitative estimate of drug-likeness (QED) is 0.838. The molecule has 4 nitrogen and oxygen atoms in total. The zero-order chi connectivity index (χ0) is 13.2. The minimum absolute atomic E-state index is 0.0210. The maximum absolute atomic E-state index is 11.8. The third-order valence-corrected chi connectivity index (χ3v) is 2.92. The molecule has 96 valence electrons. The van der Waals surface area contributed by atoms with Crippen molar-refractivity contribution in [1.29, 1.82) is 0 Å². The molecule has 0 aliphatic carbocycles. The predicted octanol–water partition coefficient (Wildman–Crippen LogP) is 2.88. The summed E-state index contributed by atoms with van der Waals surface area (Å²) in [5, 5.41) is 4.74. The fourth-order valence-corrected chi connectivity index (χ4v) is 1.76. The van der Waals surface area contributed by atoms with Crippen LogP contribution in [0.5, 0.6) is 0 Å². The molecule has 0 saturated carbocycles. The van der Waals surface area contributed by atoms with Crippen LogP contribution in [0.4, 0.5) is 5.69 Å². The van der Waals surface area contributed by atoms with E-state index in [0.29, 0.717) is 17.2 Å². The van der Waals surface area contributed by atoms with Crippen molar-refractivity contribution in [3.8, 4) is 0 Å². The fraction of sp³-hybridized carbons (Fsp3) is 0.385. The van der Waals surface area contributed by atoms with Gasteiger partial charge in [-0.2, -0.15) is 5.10 Å². The van der Waals surface area contributed by atoms with E-state index in [0.717, 1.165) is 5.69 Å². The van der Waals surface area contributed by atoms with Crippen LogP contribution >= 0.6 is 11.6 Å². The number of benzene rings is 1. The first-order valence-electron chi connectivity index (χ1n) is 5.72. The molecule has 1 saturated heterocycles. The van der Waals surface area contributed by atoms with Gasteiger partial charge in [-0.25, -0.2) is 0 Å². The van der Waals surface area contributed by atoms with Gasteiger partial charge in [0.2, 0.25) is 0 Å². The Labute approximate surface area is 111 Å². The summed E-state index contributed by atoms with van der Waals surface area (Å²) < 4.78 is 5.54. The van der Waals surface area contributed by atoms with Crippen molar-refractivity contribution in [1.82, 2.24) is 0 Å². The summed E-state index contributed by atoms with van der Waals surface area (Å²) in [5.41, 5.74) is 3.64. The number of hydrogen-bond acceptors (Lipinski definition) is 4. The number of ketones is 1. The van der Waals surface area contributed by atoms with Crippen LogP contribution in [0.25, 0.3) is 0 Å². The monoisotopic (exact) mass is 266 g/mol. The highest BCUT2D eigenvalue weighted by Gasteiger charge is 2.31. The molecule has 0 aromatic heterocycles. The first-order valence-corrected chi connectivity index (χ1v) is 6.09. The van der Waals surface area contributed by atoms with Crippen molar-refractivity contribution in [2.45, 2.75) is 25.9 Å². The molecule has 0 atom stereocenters. The molecule has 0 radical (unpaired) electrons. The number of nitrogens with zero attached hydrogens (tertiary/aromatic N) is 1. The van der Waals surface area contributed by atoms with E-state index in [1.54, 1.807) is 24.3 Å². The number of halogens is 1. The Morgan fingerprint density at radius 2 is 2.00 bits per heavy atom. The van der Waals surface area contributed by atoms with Gasteiger partial charge in [0.05, 0.1) is 17.9 Å². The van der Waals surface area contributed by atoms with Crippen LogP contribution in [-0.2, 0) is 9.53 Å². The van der Waals surface area contributed by atoms with Gasteiger partial charge in [0.25, 0.3) is 0 Å². The second-order valence-corrected chi connectivity index (χ2v) is 5.26. The summed E-state index contributed by atoms with van der Waals surface area (Å²) in [6.45, 7) is 4.04. The molecule has 1 N–H and O–H groups in total. The molecule has 1 aliphatic rings. The van der Waals surface area contributed by atoms with Crippen LogP contribution in [0, 0.1) is 0 Å². The van der Waals surface area contributed by atoms with Crippen LogP contribution < -0.4 is 5.43 Å². The van der Waals surface area contributed by atoms with E-state index in [1.807, 2.05) is 13.8 Å². The SMILES string of the molecule is CC1(C)CC(=O)/C(=N\Nc2ccc(Cl)cc2)CO1. The Morgan fingerprint density at radius 1 is 1.33 bits per heavy atom. The fourth-order valence-electron chi connectivity index (χ4n) is 1.64. The molecule has 0 amide bonds. The molecule has 5 heteroatoms. The Hall–Kier alpha value is -1.39. The minimum atomic E-state index is -0.392. The maximum Gasteiger partial charge on any atom is 0.184 e. The van der Waals surface area contributed by atoms with E-state index in [9.17, 15) is 4.79 Å². The average molecular weight is 267 g/mol. The molecule has 1 heterocycles. The Bertz CT molecular complexity index is 480. The smallest absolute Gasteiger partial charge is 0.184 e. The number of carbonyl (C=O) groups is 1. The normalized spacial score (nSPS) is 21.1. The number of hydrogen-bond donors (Lipinski definition) is 1. The Kier molecular flexibility index (Phi) is 3.68. The summed E-state index contributed by atoms with van der Waals surface area (Å²) in [7, 11) is 0. The lowest BCUT2D eigenvalue weighted by atomic mass is 9.96. The second-order valence-electron chi connectivity index (χ2n) is 4.83. The summed E-state index contributed by atoms with van der Waals surface area (Å²) in [5.74, 6) is 0.0210. The summed E-state index contributed by atoms with van der Waals surface area (Å²) in [6.07, 6.45) is 0.355. The van der Waals surface area contributed by atoms with Crippen molar-refractivity contribution in [3.05, 3.63) is 29.3 Å². The predicted molar refractivity (Wildman–Crippen MR) is 72.2 cm³/mol. The number of anilines is 1. The molecule has 0 unspecified atom stereocenters. The van der Waals surface area contributed by atoms with Gasteiger partial charge in [0.1, 0.15) is 5.71 Å². The molecule has 18 heavy (non-hydrogen) atoms. The van der Waals surface area contributed by atoms with Crippen molar-refractivity contribution in [2.75, 3.05) is 12.0 Å².